The van der Waals surface area contributed by atoms with Crippen LogP contribution in [0.1, 0.15) is 41.8 Å². The molecule has 6 N–H and O–H groups in total. The van der Waals surface area contributed by atoms with Crippen LogP contribution in [0, 0.1) is 18.7 Å². The molecule has 3 aromatic rings. The fraction of sp³-hybridized carbons (Fsp3) is 0.263. The number of halogens is 1. The van der Waals surface area contributed by atoms with Crippen molar-refractivity contribution in [2.75, 3.05) is 5.73 Å². The maximum absolute atomic E-state index is 13.1. The molecule has 9 heteroatoms. The first-order chi connectivity index (χ1) is 13.2. The molecular formula is C19H24FN5O3. The molecule has 0 spiro atoms. The van der Waals surface area contributed by atoms with Crippen LogP contribution < -0.4 is 17.2 Å². The highest BCUT2D eigenvalue weighted by Gasteiger charge is 2.19. The predicted octanol–water partition coefficient (Wildman–Crippen LogP) is 2.51. The van der Waals surface area contributed by atoms with Gasteiger partial charge >= 0.3 is 0 Å². The molecule has 0 fully saturated rings. The molecule has 1 amide bonds. The number of aromatic nitrogens is 2. The molecule has 0 saturated carbocycles. The highest BCUT2D eigenvalue weighted by molar-refractivity contribution is 5.88. The van der Waals surface area contributed by atoms with Crippen LogP contribution in [0.2, 0.25) is 0 Å². The molecule has 0 bridgehead atoms. The Labute approximate surface area is 161 Å². The number of nitrogen functional groups attached to an aromatic ring is 1. The third-order valence-corrected chi connectivity index (χ3v) is 3.85. The monoisotopic (exact) mass is 389 g/mol. The third-order valence-electron chi connectivity index (χ3n) is 3.85. The Kier molecular flexibility index (Phi) is 8.21. The molecule has 1 unspecified atom stereocenters. The summed E-state index contributed by atoms with van der Waals surface area (Å²) >= 11 is 0. The van der Waals surface area contributed by atoms with E-state index in [-0.39, 0.29) is 17.7 Å². The summed E-state index contributed by atoms with van der Waals surface area (Å²) < 4.78 is 18.8. The van der Waals surface area contributed by atoms with Gasteiger partial charge in [-0.2, -0.15) is 0 Å². The van der Waals surface area contributed by atoms with Gasteiger partial charge in [-0.05, 0) is 31.0 Å². The lowest BCUT2D eigenvalue weighted by Crippen LogP contribution is -2.16. The summed E-state index contributed by atoms with van der Waals surface area (Å²) in [5.74, 6) is 0.134. The van der Waals surface area contributed by atoms with Crippen molar-refractivity contribution >= 4 is 29.4 Å². The molecule has 1 aromatic carbocycles. The summed E-state index contributed by atoms with van der Waals surface area (Å²) in [4.78, 5) is 25.5. The lowest BCUT2D eigenvalue weighted by atomic mass is 9.99. The number of amides is 1. The second-order valence-corrected chi connectivity index (χ2v) is 6.21. The second-order valence-electron chi connectivity index (χ2n) is 6.21. The van der Waals surface area contributed by atoms with Crippen molar-refractivity contribution in [1.29, 1.82) is 0 Å². The summed E-state index contributed by atoms with van der Waals surface area (Å²) in [6.45, 7) is 8.00. The van der Waals surface area contributed by atoms with Gasteiger partial charge in [0.15, 0.2) is 0 Å². The molecular weight excluding hydrogens is 365 g/mol. The summed E-state index contributed by atoms with van der Waals surface area (Å²) in [7, 11) is 0. The highest BCUT2D eigenvalue weighted by atomic mass is 19.1. The van der Waals surface area contributed by atoms with Crippen LogP contribution in [0.15, 0.2) is 35.0 Å². The number of hydrogen-bond donors (Lipinski definition) is 3. The number of benzene rings is 1. The van der Waals surface area contributed by atoms with Gasteiger partial charge in [-0.15, -0.1) is 0 Å². The van der Waals surface area contributed by atoms with Gasteiger partial charge in [0, 0.05) is 10.9 Å². The zero-order valence-electron chi connectivity index (χ0n) is 16.0. The Morgan fingerprint density at radius 3 is 2.29 bits per heavy atom. The number of rotatable bonds is 3. The number of hydrogen-bond acceptors (Lipinski definition) is 7. The molecule has 8 nitrogen and oxygen atoms in total. The number of primary amides is 1. The minimum Gasteiger partial charge on any atom is -0.459 e. The minimum absolute atomic E-state index is 0.0193. The second kappa shape index (κ2) is 10.1. The highest BCUT2D eigenvalue weighted by Crippen LogP contribution is 2.31. The predicted molar refractivity (Wildman–Crippen MR) is 105 cm³/mol. The van der Waals surface area contributed by atoms with Crippen LogP contribution in [-0.4, -0.2) is 22.7 Å². The van der Waals surface area contributed by atoms with E-state index in [2.05, 4.69) is 9.97 Å². The molecule has 0 saturated heterocycles. The zero-order valence-corrected chi connectivity index (χ0v) is 16.0. The molecule has 2 heterocycles. The lowest BCUT2D eigenvalue weighted by Gasteiger charge is -2.13. The van der Waals surface area contributed by atoms with E-state index in [0.29, 0.717) is 17.2 Å². The molecule has 3 rings (SSSR count). The quantitative estimate of drug-likeness (QED) is 0.622. The number of carbonyl (C=O) groups excluding carboxylic acids is 2. The van der Waals surface area contributed by atoms with E-state index in [4.69, 9.17) is 26.4 Å². The Balaban J connectivity index is 0.000000281. The Morgan fingerprint density at radius 1 is 1.21 bits per heavy atom. The molecule has 0 radical (unpaired) electrons. The third kappa shape index (κ3) is 5.58. The summed E-state index contributed by atoms with van der Waals surface area (Å²) in [5.41, 5.74) is 18.2. The molecule has 1 atom stereocenters. The fourth-order valence-electron chi connectivity index (χ4n) is 2.30. The number of fused-ring (bicyclic) bond motifs is 1. The van der Waals surface area contributed by atoms with Gasteiger partial charge in [0.25, 0.3) is 5.91 Å². The Morgan fingerprint density at radius 2 is 1.79 bits per heavy atom. The van der Waals surface area contributed by atoms with Gasteiger partial charge in [-0.3, -0.25) is 4.79 Å². The van der Waals surface area contributed by atoms with Crippen molar-refractivity contribution in [2.45, 2.75) is 26.8 Å². The van der Waals surface area contributed by atoms with Crippen molar-refractivity contribution in [3.05, 3.63) is 53.6 Å². The van der Waals surface area contributed by atoms with E-state index in [1.54, 1.807) is 6.07 Å². The lowest BCUT2D eigenvalue weighted by molar-refractivity contribution is -0.0980. The van der Waals surface area contributed by atoms with Crippen molar-refractivity contribution in [3.63, 3.8) is 0 Å². The van der Waals surface area contributed by atoms with E-state index in [1.165, 1.54) is 24.5 Å². The van der Waals surface area contributed by atoms with Crippen molar-refractivity contribution < 1.29 is 18.4 Å². The summed E-state index contributed by atoms with van der Waals surface area (Å²) in [6.07, 6.45) is 2.65. The van der Waals surface area contributed by atoms with Gasteiger partial charge in [0.1, 0.15) is 23.9 Å². The molecule has 150 valence electrons. The number of carbonyl (C=O) groups is 2. The Bertz CT molecular complexity index is 925. The van der Waals surface area contributed by atoms with Crippen molar-refractivity contribution in [2.24, 2.45) is 17.4 Å². The van der Waals surface area contributed by atoms with Gasteiger partial charge in [-0.25, -0.2) is 14.4 Å². The average Bonchev–Trinajstić information content (AvgIpc) is 2.99. The average molecular weight is 389 g/mol. The number of nitrogens with two attached hydrogens (primary N) is 3. The summed E-state index contributed by atoms with van der Waals surface area (Å²) in [5, 5.41) is 0.811. The van der Waals surface area contributed by atoms with Crippen molar-refractivity contribution in [3.8, 4) is 0 Å². The van der Waals surface area contributed by atoms with Crippen molar-refractivity contribution in [1.82, 2.24) is 9.97 Å². The molecule has 0 aliphatic heterocycles. The first kappa shape index (κ1) is 22.7. The standard InChI is InChI=1S/C13H16FNO.C5H6N4O.CH2O/c1-7(2)12(15)13-8(3)10-6-9(14)4-5-11(10)16-13;6-3-1-8-5(4(7)10)9-2-3;1-2/h4-7,12H,15H2,1-3H3;1-2H,6H2,(H2,7,10);1H2. The Hall–Kier alpha value is -3.33. The number of anilines is 1. The largest absolute Gasteiger partial charge is 0.459 e. The van der Waals surface area contributed by atoms with Crippen LogP contribution in [0.5, 0.6) is 0 Å². The maximum Gasteiger partial charge on any atom is 0.286 e. The first-order valence-electron chi connectivity index (χ1n) is 8.31. The number of aryl methyl sites for hydroxylation is 1. The smallest absolute Gasteiger partial charge is 0.286 e. The van der Waals surface area contributed by atoms with Gasteiger partial charge in [-0.1, -0.05) is 13.8 Å². The fourth-order valence-corrected chi connectivity index (χ4v) is 2.30. The van der Waals surface area contributed by atoms with E-state index in [9.17, 15) is 9.18 Å². The summed E-state index contributed by atoms with van der Waals surface area (Å²) in [6, 6.07) is 4.39. The van der Waals surface area contributed by atoms with Crippen LogP contribution in [-0.2, 0) is 4.79 Å². The number of furan rings is 1. The van der Waals surface area contributed by atoms with E-state index in [1.807, 2.05) is 27.6 Å². The van der Waals surface area contributed by atoms with Crippen LogP contribution in [0.3, 0.4) is 0 Å². The maximum atomic E-state index is 13.1. The molecule has 0 aliphatic rings. The molecule has 28 heavy (non-hydrogen) atoms. The topological polar surface area (TPSA) is 151 Å². The van der Waals surface area contributed by atoms with Crippen LogP contribution in [0.25, 0.3) is 11.0 Å². The SMILES string of the molecule is C=O.Cc1c(C(N)C(C)C)oc2ccc(F)cc12.NC(=O)c1ncc(N)cn1. The van der Waals surface area contributed by atoms with Gasteiger partial charge < -0.3 is 26.4 Å². The van der Waals surface area contributed by atoms with Gasteiger partial charge in [0.05, 0.1) is 24.1 Å². The van der Waals surface area contributed by atoms with E-state index >= 15 is 0 Å². The molecule has 0 aliphatic carbocycles. The number of nitrogens with zero attached hydrogens (tertiary/aromatic N) is 2. The zero-order chi connectivity index (χ0) is 21.4. The van der Waals surface area contributed by atoms with E-state index in [0.717, 1.165) is 16.7 Å². The minimum atomic E-state index is -0.653. The molecule has 2 aromatic heterocycles. The van der Waals surface area contributed by atoms with Crippen LogP contribution >= 0.6 is 0 Å². The normalized spacial score (nSPS) is 11.2. The first-order valence-corrected chi connectivity index (χ1v) is 8.31. The van der Waals surface area contributed by atoms with E-state index < -0.39 is 5.91 Å². The van der Waals surface area contributed by atoms with Gasteiger partial charge in [0.2, 0.25) is 5.82 Å². The van der Waals surface area contributed by atoms with Crippen LogP contribution in [0.4, 0.5) is 10.1 Å².